The van der Waals surface area contributed by atoms with E-state index in [0.717, 1.165) is 25.3 Å². The van der Waals surface area contributed by atoms with Gasteiger partial charge in [0.05, 0.1) is 26.2 Å². The van der Waals surface area contributed by atoms with E-state index in [2.05, 4.69) is 13.8 Å². The van der Waals surface area contributed by atoms with Gasteiger partial charge in [0.2, 0.25) is 0 Å². The van der Waals surface area contributed by atoms with Gasteiger partial charge < -0.3 is 9.64 Å². The summed E-state index contributed by atoms with van der Waals surface area (Å²) in [4.78, 5) is 12.7. The molecule has 0 aromatic heterocycles. The molecule has 0 saturated heterocycles. The molecule has 1 N–H and O–H groups in total. The first-order valence-corrected chi connectivity index (χ1v) is 8.81. The van der Waals surface area contributed by atoms with Crippen molar-refractivity contribution in [3.05, 3.63) is 29.8 Å². The van der Waals surface area contributed by atoms with Gasteiger partial charge in [-0.15, -0.1) is 0 Å². The maximum atomic E-state index is 11.0. The van der Waals surface area contributed by atoms with Crippen molar-refractivity contribution < 1.29 is 14.4 Å². The maximum Gasteiger partial charge on any atom is 0.252 e. The Kier molecular flexibility index (Phi) is 9.93. The minimum atomic E-state index is -0.433. The van der Waals surface area contributed by atoms with E-state index in [1.807, 2.05) is 0 Å². The molecule has 4 heteroatoms. The van der Waals surface area contributed by atoms with Gasteiger partial charge in [0.25, 0.3) is 5.24 Å². The summed E-state index contributed by atoms with van der Waals surface area (Å²) in [5, 5.41) is -0.433. The number of rotatable bonds is 12. The second-order valence-electron chi connectivity index (χ2n) is 5.71. The second kappa shape index (κ2) is 11.5. The van der Waals surface area contributed by atoms with Crippen LogP contribution in [0.5, 0.6) is 5.75 Å². The lowest BCUT2D eigenvalue weighted by Crippen LogP contribution is -3.12. The fourth-order valence-electron chi connectivity index (χ4n) is 2.42. The van der Waals surface area contributed by atoms with E-state index in [9.17, 15) is 4.79 Å². The number of hydrogen-bond acceptors (Lipinski definition) is 2. The Hall–Kier alpha value is -1.06. The highest BCUT2D eigenvalue weighted by Crippen LogP contribution is 2.13. The minimum absolute atomic E-state index is 0.433. The van der Waals surface area contributed by atoms with Gasteiger partial charge in [0, 0.05) is 12.0 Å². The predicted molar refractivity (Wildman–Crippen MR) is 92.1 cm³/mol. The Balaban J connectivity index is 2.27. The molecular weight excluding hydrogens is 298 g/mol. The second-order valence-corrected chi connectivity index (χ2v) is 6.05. The summed E-state index contributed by atoms with van der Waals surface area (Å²) >= 11 is 5.42. The smallest absolute Gasteiger partial charge is 0.252 e. The number of benzene rings is 1. The van der Waals surface area contributed by atoms with E-state index >= 15 is 0 Å². The van der Waals surface area contributed by atoms with Crippen molar-refractivity contribution in [1.29, 1.82) is 0 Å². The molecule has 0 bridgehead atoms. The first-order valence-electron chi connectivity index (χ1n) is 8.43. The van der Waals surface area contributed by atoms with Crippen molar-refractivity contribution >= 4 is 16.8 Å². The number of hydrogen-bond donors (Lipinski definition) is 1. The standard InChI is InChI=1S/C18H28ClNO2/c1-3-5-12-20(13-6-4-2)14-7-15-22-17-10-8-16(9-11-17)18(19)21/h8-11H,3-7,12-15H2,1-2H3/p+1. The van der Waals surface area contributed by atoms with Gasteiger partial charge in [-0.1, -0.05) is 26.7 Å². The zero-order chi connectivity index (χ0) is 16.2. The van der Waals surface area contributed by atoms with Gasteiger partial charge in [-0.05, 0) is 48.7 Å². The summed E-state index contributed by atoms with van der Waals surface area (Å²) in [6.45, 7) is 8.91. The quantitative estimate of drug-likeness (QED) is 0.472. The molecule has 0 unspecified atom stereocenters. The fraction of sp³-hybridized carbons (Fsp3) is 0.611. The summed E-state index contributed by atoms with van der Waals surface area (Å²) in [6, 6.07) is 7.00. The number of nitrogens with one attached hydrogen (secondary N) is 1. The third-order valence-electron chi connectivity index (χ3n) is 3.79. The van der Waals surface area contributed by atoms with E-state index in [1.54, 1.807) is 29.2 Å². The third kappa shape index (κ3) is 7.81. The van der Waals surface area contributed by atoms with Gasteiger partial charge in [0.15, 0.2) is 0 Å². The number of carbonyl (C=O) groups is 1. The minimum Gasteiger partial charge on any atom is -0.493 e. The predicted octanol–water partition coefficient (Wildman–Crippen LogP) is 3.32. The Bertz CT molecular complexity index is 412. The topological polar surface area (TPSA) is 30.7 Å². The van der Waals surface area contributed by atoms with Crippen LogP contribution in [0.15, 0.2) is 24.3 Å². The highest BCUT2D eigenvalue weighted by molar-refractivity contribution is 6.67. The molecule has 0 atom stereocenters. The SMILES string of the molecule is CCCC[NH+](CCCC)CCCOc1ccc(C(=O)Cl)cc1. The molecule has 0 fully saturated rings. The van der Waals surface area contributed by atoms with Crippen molar-refractivity contribution in [2.24, 2.45) is 0 Å². The molecule has 0 aliphatic rings. The first kappa shape index (κ1) is 19.0. The van der Waals surface area contributed by atoms with Crippen LogP contribution >= 0.6 is 11.6 Å². The van der Waals surface area contributed by atoms with E-state index in [-0.39, 0.29) is 0 Å². The number of carbonyl (C=O) groups excluding carboxylic acids is 1. The summed E-state index contributed by atoms with van der Waals surface area (Å²) in [5.74, 6) is 0.797. The zero-order valence-electron chi connectivity index (χ0n) is 13.9. The van der Waals surface area contributed by atoms with E-state index < -0.39 is 5.24 Å². The van der Waals surface area contributed by atoms with Crippen molar-refractivity contribution in [2.45, 2.75) is 46.0 Å². The average molecular weight is 327 g/mol. The molecule has 124 valence electrons. The van der Waals surface area contributed by atoms with Gasteiger partial charge in [-0.3, -0.25) is 4.79 Å². The van der Waals surface area contributed by atoms with Crippen LogP contribution < -0.4 is 9.64 Å². The molecule has 0 aliphatic heterocycles. The molecule has 22 heavy (non-hydrogen) atoms. The number of halogens is 1. The van der Waals surface area contributed by atoms with Crippen LogP contribution in [-0.4, -0.2) is 31.5 Å². The number of quaternary nitrogens is 1. The summed E-state index contributed by atoms with van der Waals surface area (Å²) in [5.41, 5.74) is 0.503. The fourth-order valence-corrected chi connectivity index (χ4v) is 2.55. The molecule has 0 radical (unpaired) electrons. The average Bonchev–Trinajstić information content (AvgIpc) is 2.53. The lowest BCUT2D eigenvalue weighted by atomic mass is 10.2. The Morgan fingerprint density at radius 2 is 1.55 bits per heavy atom. The number of ether oxygens (including phenoxy) is 1. The van der Waals surface area contributed by atoms with Gasteiger partial charge >= 0.3 is 0 Å². The number of unbranched alkanes of at least 4 members (excludes halogenated alkanes) is 2. The highest BCUT2D eigenvalue weighted by atomic mass is 35.5. The summed E-state index contributed by atoms with van der Waals surface area (Å²) in [6.07, 6.45) is 6.18. The lowest BCUT2D eigenvalue weighted by Gasteiger charge is -2.19. The van der Waals surface area contributed by atoms with Crippen molar-refractivity contribution in [2.75, 3.05) is 26.2 Å². The molecule has 3 nitrogen and oxygen atoms in total. The molecule has 0 amide bonds. The largest absolute Gasteiger partial charge is 0.493 e. The van der Waals surface area contributed by atoms with Crippen LogP contribution in [0.3, 0.4) is 0 Å². The van der Waals surface area contributed by atoms with E-state index in [4.69, 9.17) is 16.3 Å². The zero-order valence-corrected chi connectivity index (χ0v) is 14.6. The monoisotopic (exact) mass is 326 g/mol. The maximum absolute atomic E-state index is 11.0. The van der Waals surface area contributed by atoms with Gasteiger partial charge in [-0.2, -0.15) is 0 Å². The molecule has 0 spiro atoms. The van der Waals surface area contributed by atoms with Gasteiger partial charge in [-0.25, -0.2) is 0 Å². The normalized spacial score (nSPS) is 10.9. The Morgan fingerprint density at radius 1 is 1.00 bits per heavy atom. The van der Waals surface area contributed by atoms with Crippen molar-refractivity contribution in [1.82, 2.24) is 0 Å². The van der Waals surface area contributed by atoms with Crippen molar-refractivity contribution in [3.8, 4) is 5.75 Å². The van der Waals surface area contributed by atoms with E-state index in [0.29, 0.717) is 5.56 Å². The lowest BCUT2D eigenvalue weighted by molar-refractivity contribution is -0.900. The summed E-state index contributed by atoms with van der Waals surface area (Å²) in [7, 11) is 0. The van der Waals surface area contributed by atoms with Crippen LogP contribution in [0.4, 0.5) is 0 Å². The van der Waals surface area contributed by atoms with Crippen LogP contribution in [-0.2, 0) is 0 Å². The van der Waals surface area contributed by atoms with Crippen molar-refractivity contribution in [3.63, 3.8) is 0 Å². The van der Waals surface area contributed by atoms with Gasteiger partial charge in [0.1, 0.15) is 5.75 Å². The molecule has 1 rings (SSSR count). The third-order valence-corrected chi connectivity index (χ3v) is 4.01. The van der Waals surface area contributed by atoms with Crippen LogP contribution in [0.1, 0.15) is 56.3 Å². The summed E-state index contributed by atoms with van der Waals surface area (Å²) < 4.78 is 5.73. The molecule has 1 aromatic rings. The molecule has 0 heterocycles. The highest BCUT2D eigenvalue weighted by Gasteiger charge is 2.07. The molecule has 0 aliphatic carbocycles. The van der Waals surface area contributed by atoms with Crippen LogP contribution in [0.2, 0.25) is 0 Å². The Morgan fingerprint density at radius 3 is 2.05 bits per heavy atom. The Labute approximate surface area is 139 Å². The molecule has 1 aromatic carbocycles. The van der Waals surface area contributed by atoms with E-state index in [1.165, 1.54) is 38.8 Å². The van der Waals surface area contributed by atoms with Crippen LogP contribution in [0.25, 0.3) is 0 Å². The molecule has 0 saturated carbocycles. The molecular formula is C18H29ClNO2+. The van der Waals surface area contributed by atoms with Crippen LogP contribution in [0, 0.1) is 0 Å². The first-order chi connectivity index (χ1) is 10.7.